The molecule has 0 radical (unpaired) electrons. The van der Waals surface area contributed by atoms with E-state index in [1.54, 1.807) is 0 Å². The molecule has 0 fully saturated rings. The number of benzene rings is 2. The van der Waals surface area contributed by atoms with Crippen LogP contribution in [0, 0.1) is 0 Å². The van der Waals surface area contributed by atoms with Gasteiger partial charge in [0, 0.05) is 24.2 Å². The Balaban J connectivity index is 1.84. The Morgan fingerprint density at radius 1 is 1.05 bits per heavy atom. The van der Waals surface area contributed by atoms with Crippen LogP contribution in [-0.4, -0.2) is 17.4 Å². The predicted molar refractivity (Wildman–Crippen MR) is 89.7 cm³/mol. The van der Waals surface area contributed by atoms with Crippen molar-refractivity contribution in [3.63, 3.8) is 0 Å². The van der Waals surface area contributed by atoms with Crippen LogP contribution in [0.3, 0.4) is 0 Å². The summed E-state index contributed by atoms with van der Waals surface area (Å²) in [7, 11) is 0. The molecular weight excluding hydrogens is 270 g/mol. The number of rotatable bonds is 3. The Kier molecular flexibility index (Phi) is 4.38. The van der Waals surface area contributed by atoms with Crippen molar-refractivity contribution >= 4 is 5.91 Å². The number of hydrogen-bond acceptors (Lipinski definition) is 1. The minimum absolute atomic E-state index is 0.0954. The normalized spacial score (nSPS) is 18.0. The molecule has 1 aliphatic heterocycles. The molecule has 2 aromatic carbocycles. The fraction of sp³-hybridized carbons (Fsp3) is 0.250. The zero-order chi connectivity index (χ0) is 15.4. The molecule has 0 aromatic heterocycles. The Hall–Kier alpha value is -2.35. The van der Waals surface area contributed by atoms with E-state index in [0.717, 1.165) is 24.9 Å². The molecule has 0 aliphatic carbocycles. The van der Waals surface area contributed by atoms with E-state index in [0.29, 0.717) is 5.92 Å². The first-order valence-electron chi connectivity index (χ1n) is 7.91. The van der Waals surface area contributed by atoms with Crippen molar-refractivity contribution in [2.45, 2.75) is 25.7 Å². The van der Waals surface area contributed by atoms with Gasteiger partial charge >= 0.3 is 0 Å². The Bertz CT molecular complexity index is 661. The fourth-order valence-electron chi connectivity index (χ4n) is 3.12. The molecule has 1 heterocycles. The van der Waals surface area contributed by atoms with Gasteiger partial charge in [-0.05, 0) is 36.1 Å². The molecule has 1 unspecified atom stereocenters. The van der Waals surface area contributed by atoms with Crippen molar-refractivity contribution in [2.24, 2.45) is 0 Å². The second kappa shape index (κ2) is 6.61. The summed E-state index contributed by atoms with van der Waals surface area (Å²) in [5.74, 6) is 0.532. The number of amides is 1. The molecule has 0 saturated heterocycles. The minimum atomic E-state index is 0.0954. The summed E-state index contributed by atoms with van der Waals surface area (Å²) in [5, 5.41) is 0. The molecule has 0 bridgehead atoms. The van der Waals surface area contributed by atoms with E-state index in [4.69, 9.17) is 0 Å². The highest BCUT2D eigenvalue weighted by atomic mass is 16.2. The van der Waals surface area contributed by atoms with E-state index in [2.05, 4.69) is 37.4 Å². The second-order valence-electron chi connectivity index (χ2n) is 5.67. The minimum Gasteiger partial charge on any atom is -0.315 e. The molecule has 1 amide bonds. The lowest BCUT2D eigenvalue weighted by Crippen LogP contribution is -2.32. The number of carbonyl (C=O) groups excluding carboxylic acids is 1. The van der Waals surface area contributed by atoms with Gasteiger partial charge < -0.3 is 4.90 Å². The summed E-state index contributed by atoms with van der Waals surface area (Å²) in [6.45, 7) is 2.94. The number of carbonyl (C=O) groups is 1. The maximum atomic E-state index is 12.6. The van der Waals surface area contributed by atoms with Crippen molar-refractivity contribution < 1.29 is 4.79 Å². The van der Waals surface area contributed by atoms with Gasteiger partial charge in [0.25, 0.3) is 5.91 Å². The monoisotopic (exact) mass is 291 g/mol. The molecule has 22 heavy (non-hydrogen) atoms. The predicted octanol–water partition coefficient (Wildman–Crippen LogP) is 4.61. The number of allylic oxidation sites excluding steroid dienone is 1. The zero-order valence-electron chi connectivity index (χ0n) is 12.9. The first-order chi connectivity index (χ1) is 10.8. The lowest BCUT2D eigenvalue weighted by atomic mass is 9.85. The molecule has 3 rings (SSSR count). The van der Waals surface area contributed by atoms with Gasteiger partial charge in [-0.2, -0.15) is 0 Å². The summed E-state index contributed by atoms with van der Waals surface area (Å²) in [6, 6.07) is 20.1. The smallest absolute Gasteiger partial charge is 0.257 e. The first kappa shape index (κ1) is 14.6. The second-order valence-corrected chi connectivity index (χ2v) is 5.67. The van der Waals surface area contributed by atoms with E-state index >= 15 is 0 Å². The summed E-state index contributed by atoms with van der Waals surface area (Å²) in [5.41, 5.74) is 3.44. The van der Waals surface area contributed by atoms with E-state index < -0.39 is 0 Å². The number of nitrogens with zero attached hydrogens (tertiary/aromatic N) is 1. The Labute approximate surface area is 132 Å². The highest BCUT2D eigenvalue weighted by Gasteiger charge is 2.25. The fourth-order valence-corrected chi connectivity index (χ4v) is 3.12. The number of hydrogen-bond donors (Lipinski definition) is 0. The quantitative estimate of drug-likeness (QED) is 0.808. The van der Waals surface area contributed by atoms with Crippen LogP contribution in [0.1, 0.15) is 41.6 Å². The maximum Gasteiger partial charge on any atom is 0.257 e. The zero-order valence-corrected chi connectivity index (χ0v) is 12.9. The molecule has 1 aliphatic rings. The molecule has 0 N–H and O–H groups in total. The van der Waals surface area contributed by atoms with E-state index in [9.17, 15) is 4.79 Å². The van der Waals surface area contributed by atoms with Crippen LogP contribution in [0.2, 0.25) is 0 Å². The SMILES string of the molecule is CCC1=CN(C(=O)c2ccccc2)CCC1c1ccccc1. The lowest BCUT2D eigenvalue weighted by molar-refractivity contribution is 0.0810. The van der Waals surface area contributed by atoms with E-state index in [-0.39, 0.29) is 5.91 Å². The standard InChI is InChI=1S/C20H21NO/c1-2-16-15-21(20(22)18-11-7-4-8-12-18)14-13-19(16)17-9-5-3-6-10-17/h3-12,15,19H,2,13-14H2,1H3. The van der Waals surface area contributed by atoms with Crippen LogP contribution in [0.15, 0.2) is 72.4 Å². The summed E-state index contributed by atoms with van der Waals surface area (Å²) >= 11 is 0. The van der Waals surface area contributed by atoms with Crippen LogP contribution < -0.4 is 0 Å². The molecule has 0 saturated carbocycles. The summed E-state index contributed by atoms with van der Waals surface area (Å²) < 4.78 is 0. The van der Waals surface area contributed by atoms with Crippen LogP contribution in [0.5, 0.6) is 0 Å². The van der Waals surface area contributed by atoms with Crippen molar-refractivity contribution in [1.82, 2.24) is 4.90 Å². The Morgan fingerprint density at radius 3 is 2.32 bits per heavy atom. The third kappa shape index (κ3) is 2.96. The van der Waals surface area contributed by atoms with Gasteiger partial charge in [-0.15, -0.1) is 0 Å². The lowest BCUT2D eigenvalue weighted by Gasteiger charge is -2.31. The molecular formula is C20H21NO. The molecule has 1 atom stereocenters. The van der Waals surface area contributed by atoms with Crippen molar-refractivity contribution in [1.29, 1.82) is 0 Å². The van der Waals surface area contributed by atoms with Gasteiger partial charge in [0.2, 0.25) is 0 Å². The highest BCUT2D eigenvalue weighted by molar-refractivity contribution is 5.95. The van der Waals surface area contributed by atoms with E-state index in [1.165, 1.54) is 11.1 Å². The van der Waals surface area contributed by atoms with Crippen LogP contribution in [0.4, 0.5) is 0 Å². The first-order valence-corrected chi connectivity index (χ1v) is 7.91. The molecule has 112 valence electrons. The molecule has 2 heteroatoms. The third-order valence-corrected chi connectivity index (χ3v) is 4.32. The largest absolute Gasteiger partial charge is 0.315 e. The maximum absolute atomic E-state index is 12.6. The van der Waals surface area contributed by atoms with E-state index in [1.807, 2.05) is 41.3 Å². The van der Waals surface area contributed by atoms with Crippen molar-refractivity contribution in [3.8, 4) is 0 Å². The van der Waals surface area contributed by atoms with Gasteiger partial charge in [-0.3, -0.25) is 4.79 Å². The average Bonchev–Trinajstić information content (AvgIpc) is 2.62. The average molecular weight is 291 g/mol. The van der Waals surface area contributed by atoms with Gasteiger partial charge in [0.05, 0.1) is 0 Å². The summed E-state index contributed by atoms with van der Waals surface area (Å²) in [6.07, 6.45) is 4.02. The van der Waals surface area contributed by atoms with Crippen molar-refractivity contribution in [3.05, 3.63) is 83.6 Å². The van der Waals surface area contributed by atoms with Crippen LogP contribution in [0.25, 0.3) is 0 Å². The topological polar surface area (TPSA) is 20.3 Å². The van der Waals surface area contributed by atoms with Crippen LogP contribution >= 0.6 is 0 Å². The molecule has 2 nitrogen and oxygen atoms in total. The summed E-state index contributed by atoms with van der Waals surface area (Å²) in [4.78, 5) is 14.5. The molecule has 0 spiro atoms. The Morgan fingerprint density at radius 2 is 1.68 bits per heavy atom. The molecule has 2 aromatic rings. The van der Waals surface area contributed by atoms with Gasteiger partial charge in [-0.25, -0.2) is 0 Å². The van der Waals surface area contributed by atoms with Gasteiger partial charge in [0.15, 0.2) is 0 Å². The third-order valence-electron chi connectivity index (χ3n) is 4.32. The van der Waals surface area contributed by atoms with Gasteiger partial charge in [0.1, 0.15) is 0 Å². The van der Waals surface area contributed by atoms with Crippen molar-refractivity contribution in [2.75, 3.05) is 6.54 Å². The van der Waals surface area contributed by atoms with Gasteiger partial charge in [-0.1, -0.05) is 55.5 Å². The highest BCUT2D eigenvalue weighted by Crippen LogP contribution is 2.34. The van der Waals surface area contributed by atoms with Crippen LogP contribution in [-0.2, 0) is 0 Å².